The molecule has 0 aliphatic heterocycles. The van der Waals surface area contributed by atoms with Crippen LogP contribution in [0.1, 0.15) is 100 Å². The first-order chi connectivity index (χ1) is 15.6. The van der Waals surface area contributed by atoms with Crippen molar-refractivity contribution in [1.29, 1.82) is 0 Å². The molecule has 2 aromatic rings. The van der Waals surface area contributed by atoms with E-state index >= 15 is 0 Å². The molecule has 5 heteroatoms. The molecule has 0 heterocycles. The normalized spacial score (nSPS) is 12.5. The second-order valence-corrected chi connectivity index (χ2v) is 8.73. The average Bonchev–Trinajstić information content (AvgIpc) is 2.79. The van der Waals surface area contributed by atoms with Crippen molar-refractivity contribution in [3.8, 4) is 0 Å². The molecule has 2 N–H and O–H groups in total. The Morgan fingerprint density at radius 3 is 1.21 bits per heavy atom. The Hall–Kier alpha value is -0.984. The van der Waals surface area contributed by atoms with Crippen molar-refractivity contribution in [2.75, 3.05) is 0 Å². The summed E-state index contributed by atoms with van der Waals surface area (Å²) >= 11 is 0. The van der Waals surface area contributed by atoms with E-state index in [0.717, 1.165) is 64.2 Å². The molecule has 4 nitrogen and oxygen atoms in total. The third kappa shape index (κ3) is 12.9. The molecule has 2 rings (SSSR count). The zero-order chi connectivity index (χ0) is 23.0. The Bertz CT molecular complexity index is 711. The van der Waals surface area contributed by atoms with Gasteiger partial charge in [0.05, 0.1) is 0 Å². The van der Waals surface area contributed by atoms with Crippen molar-refractivity contribution in [3.05, 3.63) is 71.8 Å². The molecule has 0 saturated heterocycles. The van der Waals surface area contributed by atoms with Crippen molar-refractivity contribution in [1.82, 2.24) is 0 Å². The minimum atomic E-state index is -0.709. The molecule has 33 heavy (non-hydrogen) atoms. The molecule has 2 aromatic carbocycles. The summed E-state index contributed by atoms with van der Waals surface area (Å²) < 4.78 is 0. The summed E-state index contributed by atoms with van der Waals surface area (Å²) in [5.74, 6) is -0.562. The van der Waals surface area contributed by atoms with Gasteiger partial charge in [-0.3, -0.25) is 9.59 Å². The van der Waals surface area contributed by atoms with Crippen LogP contribution in [-0.4, -0.2) is 73.5 Å². The zero-order valence-electron chi connectivity index (χ0n) is 19.1. The molecule has 176 valence electrons. The number of hydrogen-bond donors (Lipinski definition) is 2. The van der Waals surface area contributed by atoms with Gasteiger partial charge in [0.25, 0.3) is 0 Å². The summed E-state index contributed by atoms with van der Waals surface area (Å²) in [6.07, 6.45) is 10.5. The summed E-state index contributed by atoms with van der Waals surface area (Å²) in [5, 5.41) is 17.7. The summed E-state index contributed by atoms with van der Waals surface area (Å²) in [6.45, 7) is 0. The molecule has 0 fully saturated rings. The number of carboxylic acid groups (broad SMARTS) is 2. The third-order valence-corrected chi connectivity index (χ3v) is 6.25. The fraction of sp³-hybridized carbons (Fsp3) is 0.500. The minimum absolute atomic E-state index is 0. The van der Waals surface area contributed by atoms with Gasteiger partial charge in [0.15, 0.2) is 0 Å². The Balaban J connectivity index is 0.00000544. The maximum absolute atomic E-state index is 10.7. The van der Waals surface area contributed by atoms with Crippen molar-refractivity contribution in [2.24, 2.45) is 0 Å². The Morgan fingerprint density at radius 2 is 0.879 bits per heavy atom. The first-order valence-corrected chi connectivity index (χ1v) is 12.1. The molecule has 0 saturated carbocycles. The number of unbranched alkanes of at least 4 members (excludes halogenated alkanes) is 6. The van der Waals surface area contributed by atoms with Crippen molar-refractivity contribution in [3.63, 3.8) is 0 Å². The van der Waals surface area contributed by atoms with Crippen LogP contribution < -0.4 is 0 Å². The number of hydrogen-bond acceptors (Lipinski definition) is 2. The molecule has 0 bridgehead atoms. The molecule has 2 atom stereocenters. The predicted molar refractivity (Wildman–Crippen MR) is 136 cm³/mol. The monoisotopic (exact) mass is 478 g/mol. The van der Waals surface area contributed by atoms with E-state index in [0.29, 0.717) is 11.8 Å². The maximum atomic E-state index is 10.7. The van der Waals surface area contributed by atoms with E-state index in [9.17, 15) is 9.59 Å². The SMILES string of the molecule is O=C(O)CCCCCCC(c1ccccc1)C(CCCCCCC(=O)O)c1ccccc1.[KH]. The van der Waals surface area contributed by atoms with Crippen LogP contribution in [0, 0.1) is 0 Å². The summed E-state index contributed by atoms with van der Waals surface area (Å²) in [7, 11) is 0. The van der Waals surface area contributed by atoms with Gasteiger partial charge in [0, 0.05) is 12.8 Å². The fourth-order valence-corrected chi connectivity index (χ4v) is 4.59. The molecular weight excluding hydrogens is 439 g/mol. The van der Waals surface area contributed by atoms with Gasteiger partial charge in [-0.2, -0.15) is 0 Å². The molecule has 0 spiro atoms. The molecule has 0 radical (unpaired) electrons. The van der Waals surface area contributed by atoms with Crippen LogP contribution in [0.15, 0.2) is 60.7 Å². The van der Waals surface area contributed by atoms with Crippen LogP contribution in [0.2, 0.25) is 0 Å². The molecule has 0 aromatic heterocycles. The molecule has 0 aliphatic rings. The predicted octanol–water partition coefficient (Wildman–Crippen LogP) is 6.76. The van der Waals surface area contributed by atoms with Crippen molar-refractivity contribution < 1.29 is 19.8 Å². The van der Waals surface area contributed by atoms with Gasteiger partial charge in [0.1, 0.15) is 0 Å². The Kier molecular flexibility index (Phi) is 16.7. The van der Waals surface area contributed by atoms with Crippen LogP contribution in [-0.2, 0) is 9.59 Å². The van der Waals surface area contributed by atoms with Gasteiger partial charge in [0.2, 0.25) is 0 Å². The number of rotatable bonds is 17. The van der Waals surface area contributed by atoms with Crippen LogP contribution >= 0.6 is 0 Å². The van der Waals surface area contributed by atoms with E-state index in [-0.39, 0.29) is 64.2 Å². The standard InChI is InChI=1S/C28H38O4.K.H/c29-27(30)21-13-3-1-11-19-25(23-15-7-5-8-16-23)26(24-17-9-6-10-18-24)20-12-2-4-14-22-28(31)32;;/h5-10,15-18,25-26H,1-4,11-14,19-22H2,(H,29,30)(H,31,32);;. The van der Waals surface area contributed by atoms with Gasteiger partial charge in [-0.15, -0.1) is 0 Å². The number of carbonyl (C=O) groups is 2. The molecule has 2 unspecified atom stereocenters. The number of aliphatic carboxylic acids is 2. The third-order valence-electron chi connectivity index (χ3n) is 6.25. The van der Waals surface area contributed by atoms with E-state index in [1.165, 1.54) is 11.1 Å². The van der Waals surface area contributed by atoms with Gasteiger partial charge >= 0.3 is 63.3 Å². The average molecular weight is 479 g/mol. The second kappa shape index (κ2) is 18.4. The van der Waals surface area contributed by atoms with E-state index in [1.807, 2.05) is 0 Å². The first kappa shape index (κ1) is 30.0. The van der Waals surface area contributed by atoms with Gasteiger partial charge in [-0.25, -0.2) is 0 Å². The topological polar surface area (TPSA) is 74.6 Å². The van der Waals surface area contributed by atoms with E-state index < -0.39 is 11.9 Å². The fourth-order valence-electron chi connectivity index (χ4n) is 4.59. The molecular formula is C28H39KO4. The van der Waals surface area contributed by atoms with E-state index in [2.05, 4.69) is 60.7 Å². The van der Waals surface area contributed by atoms with Gasteiger partial charge in [-0.05, 0) is 48.6 Å². The summed E-state index contributed by atoms with van der Waals surface area (Å²) in [6, 6.07) is 21.5. The summed E-state index contributed by atoms with van der Waals surface area (Å²) in [4.78, 5) is 21.5. The quantitative estimate of drug-likeness (QED) is 0.195. The van der Waals surface area contributed by atoms with Gasteiger partial charge in [-0.1, -0.05) is 99.2 Å². The van der Waals surface area contributed by atoms with E-state index in [4.69, 9.17) is 10.2 Å². The second-order valence-electron chi connectivity index (χ2n) is 8.73. The van der Waals surface area contributed by atoms with Crippen LogP contribution in [0.5, 0.6) is 0 Å². The summed E-state index contributed by atoms with van der Waals surface area (Å²) in [5.41, 5.74) is 2.75. The van der Waals surface area contributed by atoms with Crippen molar-refractivity contribution in [2.45, 2.75) is 88.9 Å². The number of benzene rings is 2. The Morgan fingerprint density at radius 1 is 0.545 bits per heavy atom. The van der Waals surface area contributed by atoms with E-state index in [1.54, 1.807) is 0 Å². The Labute approximate surface area is 241 Å². The van der Waals surface area contributed by atoms with Crippen LogP contribution in [0.4, 0.5) is 0 Å². The first-order valence-electron chi connectivity index (χ1n) is 12.1. The van der Waals surface area contributed by atoms with Gasteiger partial charge < -0.3 is 10.2 Å². The molecule has 0 aliphatic carbocycles. The number of carboxylic acids is 2. The van der Waals surface area contributed by atoms with Crippen LogP contribution in [0.25, 0.3) is 0 Å². The zero-order valence-corrected chi connectivity index (χ0v) is 19.1. The molecule has 0 amide bonds. The van der Waals surface area contributed by atoms with Crippen LogP contribution in [0.3, 0.4) is 0 Å². The van der Waals surface area contributed by atoms with Crippen molar-refractivity contribution >= 4 is 63.3 Å².